The summed E-state index contributed by atoms with van der Waals surface area (Å²) >= 11 is 0. The minimum atomic E-state index is -1.65. The van der Waals surface area contributed by atoms with Crippen LogP contribution in [0, 0.1) is 0 Å². The van der Waals surface area contributed by atoms with Gasteiger partial charge < -0.3 is 50.0 Å². The Morgan fingerprint density at radius 3 is 2.26 bits per heavy atom. The summed E-state index contributed by atoms with van der Waals surface area (Å²) in [4.78, 5) is 12.0. The SMILES string of the molecule is C[C@H](O)CO[C@@H]1O[C@H](COC(=O)c2cc(O)c(O)c(O)c2)[C@@H](O)[C@H](O)[C@H]1O. The van der Waals surface area contributed by atoms with Crippen LogP contribution < -0.4 is 0 Å². The van der Waals surface area contributed by atoms with Gasteiger partial charge in [-0.3, -0.25) is 0 Å². The minimum Gasteiger partial charge on any atom is -0.504 e. The van der Waals surface area contributed by atoms with E-state index in [4.69, 9.17) is 14.2 Å². The molecule has 7 N–H and O–H groups in total. The Balaban J connectivity index is 2.01. The van der Waals surface area contributed by atoms with Crippen molar-refractivity contribution in [3.8, 4) is 17.2 Å². The van der Waals surface area contributed by atoms with Crippen LogP contribution in [0.1, 0.15) is 17.3 Å². The van der Waals surface area contributed by atoms with E-state index in [1.807, 2.05) is 0 Å². The predicted octanol–water partition coefficient (Wildman–Crippen LogP) is -1.83. The number of esters is 1. The van der Waals surface area contributed by atoms with Gasteiger partial charge in [-0.25, -0.2) is 4.79 Å². The smallest absolute Gasteiger partial charge is 0.338 e. The largest absolute Gasteiger partial charge is 0.504 e. The molecule has 0 unspecified atom stereocenters. The number of phenolic OH excluding ortho intramolecular Hbond substituents is 3. The molecule has 1 fully saturated rings. The molecular weight excluding hydrogens is 368 g/mol. The van der Waals surface area contributed by atoms with E-state index in [2.05, 4.69) is 0 Å². The molecule has 1 heterocycles. The molecule has 2 rings (SSSR count). The Bertz CT molecular complexity index is 639. The molecule has 1 aromatic rings. The number of carbonyl (C=O) groups excluding carboxylic acids is 1. The lowest BCUT2D eigenvalue weighted by Gasteiger charge is -2.40. The first-order valence-electron chi connectivity index (χ1n) is 8.03. The van der Waals surface area contributed by atoms with Crippen molar-refractivity contribution in [2.24, 2.45) is 0 Å². The second-order valence-corrected chi connectivity index (χ2v) is 6.16. The van der Waals surface area contributed by atoms with E-state index in [9.17, 15) is 40.5 Å². The molecule has 6 atom stereocenters. The summed E-state index contributed by atoms with van der Waals surface area (Å²) in [6.45, 7) is 0.673. The van der Waals surface area contributed by atoms with Crippen molar-refractivity contribution in [2.75, 3.05) is 13.2 Å². The fraction of sp³-hybridized carbons (Fsp3) is 0.562. The van der Waals surface area contributed by atoms with Crippen LogP contribution in [0.4, 0.5) is 0 Å². The molecular formula is C16H22O11. The van der Waals surface area contributed by atoms with Crippen LogP contribution in [-0.2, 0) is 14.2 Å². The maximum Gasteiger partial charge on any atom is 0.338 e. The van der Waals surface area contributed by atoms with Gasteiger partial charge in [-0.05, 0) is 19.1 Å². The van der Waals surface area contributed by atoms with Crippen molar-refractivity contribution in [2.45, 2.75) is 43.7 Å². The van der Waals surface area contributed by atoms with Gasteiger partial charge in [-0.1, -0.05) is 0 Å². The zero-order valence-corrected chi connectivity index (χ0v) is 14.3. The molecule has 1 aliphatic rings. The third-order valence-corrected chi connectivity index (χ3v) is 3.85. The van der Waals surface area contributed by atoms with Crippen LogP contribution in [0.3, 0.4) is 0 Å². The molecule has 1 aliphatic heterocycles. The summed E-state index contributed by atoms with van der Waals surface area (Å²) in [6.07, 6.45) is -8.33. The Hall–Kier alpha value is -2.15. The Kier molecular flexibility index (Phi) is 6.81. The van der Waals surface area contributed by atoms with E-state index >= 15 is 0 Å². The van der Waals surface area contributed by atoms with Gasteiger partial charge in [0.2, 0.25) is 0 Å². The third-order valence-electron chi connectivity index (χ3n) is 3.85. The van der Waals surface area contributed by atoms with Gasteiger partial charge in [0.15, 0.2) is 23.5 Å². The number of carbonyl (C=O) groups is 1. The van der Waals surface area contributed by atoms with Crippen LogP contribution in [-0.4, -0.2) is 91.7 Å². The van der Waals surface area contributed by atoms with Gasteiger partial charge >= 0.3 is 5.97 Å². The van der Waals surface area contributed by atoms with Crippen molar-refractivity contribution in [3.63, 3.8) is 0 Å². The molecule has 152 valence electrons. The lowest BCUT2D eigenvalue weighted by atomic mass is 9.99. The standard InChI is InChI=1S/C16H22O11/c1-6(17)4-26-16-14(23)13(22)12(21)10(27-16)5-25-15(24)7-2-8(18)11(20)9(19)3-7/h2-3,6,10,12-14,16-23H,4-5H2,1H3/t6-,10+,12+,13-,14+,16+/m0/s1. The maximum absolute atomic E-state index is 12.0. The van der Waals surface area contributed by atoms with E-state index in [0.717, 1.165) is 12.1 Å². The van der Waals surface area contributed by atoms with Crippen molar-refractivity contribution in [1.29, 1.82) is 0 Å². The van der Waals surface area contributed by atoms with Crippen molar-refractivity contribution in [1.82, 2.24) is 0 Å². The number of benzene rings is 1. The molecule has 1 saturated heterocycles. The second-order valence-electron chi connectivity index (χ2n) is 6.16. The van der Waals surface area contributed by atoms with Gasteiger partial charge in [-0.2, -0.15) is 0 Å². The molecule has 27 heavy (non-hydrogen) atoms. The molecule has 0 amide bonds. The van der Waals surface area contributed by atoms with E-state index in [-0.39, 0.29) is 12.2 Å². The molecule has 0 aliphatic carbocycles. The Morgan fingerprint density at radius 2 is 1.70 bits per heavy atom. The van der Waals surface area contributed by atoms with Gasteiger partial charge in [0.1, 0.15) is 31.0 Å². The van der Waals surface area contributed by atoms with Crippen molar-refractivity contribution in [3.05, 3.63) is 17.7 Å². The average Bonchev–Trinajstić information content (AvgIpc) is 2.61. The van der Waals surface area contributed by atoms with Crippen LogP contribution in [0.15, 0.2) is 12.1 Å². The fourth-order valence-corrected chi connectivity index (χ4v) is 2.39. The zero-order valence-electron chi connectivity index (χ0n) is 14.3. The van der Waals surface area contributed by atoms with E-state index in [1.165, 1.54) is 6.92 Å². The highest BCUT2D eigenvalue weighted by molar-refractivity contribution is 5.91. The van der Waals surface area contributed by atoms with Crippen molar-refractivity contribution < 1.29 is 54.8 Å². The number of phenols is 3. The number of ether oxygens (including phenoxy) is 3. The lowest BCUT2D eigenvalue weighted by molar-refractivity contribution is -0.303. The first kappa shape index (κ1) is 21.2. The minimum absolute atomic E-state index is 0.205. The fourth-order valence-electron chi connectivity index (χ4n) is 2.39. The molecule has 0 radical (unpaired) electrons. The molecule has 0 saturated carbocycles. The lowest BCUT2D eigenvalue weighted by Crippen LogP contribution is -2.59. The normalized spacial score (nSPS) is 29.3. The third kappa shape index (κ3) is 4.97. The molecule has 11 heteroatoms. The van der Waals surface area contributed by atoms with E-state index in [1.54, 1.807) is 0 Å². The van der Waals surface area contributed by atoms with Crippen LogP contribution in [0.5, 0.6) is 17.2 Å². The molecule has 0 spiro atoms. The van der Waals surface area contributed by atoms with Gasteiger partial charge in [0.05, 0.1) is 18.3 Å². The van der Waals surface area contributed by atoms with E-state index < -0.39 is 66.6 Å². The van der Waals surface area contributed by atoms with Gasteiger partial charge in [-0.15, -0.1) is 0 Å². The van der Waals surface area contributed by atoms with Gasteiger partial charge in [0, 0.05) is 0 Å². The quantitative estimate of drug-likeness (QED) is 0.214. The van der Waals surface area contributed by atoms with Crippen LogP contribution in [0.25, 0.3) is 0 Å². The Labute approximate surface area is 153 Å². The number of rotatable bonds is 6. The van der Waals surface area contributed by atoms with Crippen LogP contribution >= 0.6 is 0 Å². The summed E-state index contributed by atoms with van der Waals surface area (Å²) in [5.74, 6) is -3.28. The average molecular weight is 390 g/mol. The summed E-state index contributed by atoms with van der Waals surface area (Å²) in [6, 6.07) is 1.73. The number of aliphatic hydroxyl groups excluding tert-OH is 4. The highest BCUT2D eigenvalue weighted by atomic mass is 16.7. The van der Waals surface area contributed by atoms with E-state index in [0.29, 0.717) is 0 Å². The number of hydrogen-bond acceptors (Lipinski definition) is 11. The monoisotopic (exact) mass is 390 g/mol. The maximum atomic E-state index is 12.0. The molecule has 11 nitrogen and oxygen atoms in total. The predicted molar refractivity (Wildman–Crippen MR) is 86.0 cm³/mol. The number of aliphatic hydroxyl groups is 4. The zero-order chi connectivity index (χ0) is 20.3. The summed E-state index contributed by atoms with van der Waals surface area (Å²) < 4.78 is 15.3. The summed E-state index contributed by atoms with van der Waals surface area (Å²) in [5, 5.41) is 67.0. The summed E-state index contributed by atoms with van der Waals surface area (Å²) in [5.41, 5.74) is -0.282. The number of aromatic hydroxyl groups is 3. The first-order valence-corrected chi connectivity index (χ1v) is 8.03. The molecule has 0 bridgehead atoms. The summed E-state index contributed by atoms with van der Waals surface area (Å²) in [7, 11) is 0. The van der Waals surface area contributed by atoms with Crippen molar-refractivity contribution >= 4 is 5.97 Å². The number of hydrogen-bond donors (Lipinski definition) is 7. The Morgan fingerprint density at radius 1 is 1.11 bits per heavy atom. The first-order chi connectivity index (χ1) is 12.6. The highest BCUT2D eigenvalue weighted by Crippen LogP contribution is 2.35. The topological polar surface area (TPSA) is 186 Å². The van der Waals surface area contributed by atoms with Crippen LogP contribution in [0.2, 0.25) is 0 Å². The second kappa shape index (κ2) is 8.69. The highest BCUT2D eigenvalue weighted by Gasteiger charge is 2.44. The van der Waals surface area contributed by atoms with Gasteiger partial charge in [0.25, 0.3) is 0 Å². The molecule has 0 aromatic heterocycles. The molecule has 1 aromatic carbocycles.